The topological polar surface area (TPSA) is 100 Å². The van der Waals surface area contributed by atoms with Crippen LogP contribution in [0.15, 0.2) is 28.9 Å². The van der Waals surface area contributed by atoms with E-state index in [0.717, 1.165) is 44.5 Å². The van der Waals surface area contributed by atoms with Crippen LogP contribution in [0.5, 0.6) is 0 Å². The number of rotatable bonds is 5. The molecular formula is C20H26N4O4. The molecule has 150 valence electrons. The van der Waals surface area contributed by atoms with Gasteiger partial charge in [0.05, 0.1) is 12.8 Å². The third kappa shape index (κ3) is 4.27. The van der Waals surface area contributed by atoms with E-state index in [4.69, 9.17) is 9.15 Å². The molecule has 4 heterocycles. The van der Waals surface area contributed by atoms with Gasteiger partial charge < -0.3 is 19.4 Å². The molecule has 2 aromatic heterocycles. The highest BCUT2D eigenvalue weighted by Gasteiger charge is 2.30. The second-order valence-corrected chi connectivity index (χ2v) is 7.46. The van der Waals surface area contributed by atoms with Gasteiger partial charge in [-0.3, -0.25) is 14.7 Å². The van der Waals surface area contributed by atoms with Crippen LogP contribution in [0.1, 0.15) is 53.5 Å². The summed E-state index contributed by atoms with van der Waals surface area (Å²) in [6.45, 7) is 3.21. The molecule has 2 aliphatic rings. The Kier molecular flexibility index (Phi) is 5.76. The highest BCUT2D eigenvalue weighted by atomic mass is 16.5. The summed E-state index contributed by atoms with van der Waals surface area (Å²) in [4.78, 5) is 26.9. The minimum Gasteiger partial charge on any atom is -0.467 e. The van der Waals surface area contributed by atoms with Gasteiger partial charge in [0, 0.05) is 43.8 Å². The third-order valence-electron chi connectivity index (χ3n) is 5.65. The lowest BCUT2D eigenvalue weighted by atomic mass is 9.91. The summed E-state index contributed by atoms with van der Waals surface area (Å²) in [5, 5.41) is 9.96. The first-order valence-corrected chi connectivity index (χ1v) is 9.93. The second kappa shape index (κ2) is 8.60. The summed E-state index contributed by atoms with van der Waals surface area (Å²) in [6, 6.07) is 5.41. The molecule has 0 bridgehead atoms. The maximum absolute atomic E-state index is 12.6. The molecule has 0 aromatic carbocycles. The number of carbonyl (C=O) groups is 2. The van der Waals surface area contributed by atoms with Gasteiger partial charge in [0.25, 0.3) is 5.91 Å². The van der Waals surface area contributed by atoms with Crippen LogP contribution in [0.25, 0.3) is 0 Å². The summed E-state index contributed by atoms with van der Waals surface area (Å²) in [6.07, 6.45) is 4.99. The minimum atomic E-state index is -0.231. The van der Waals surface area contributed by atoms with Crippen molar-refractivity contribution in [3.8, 4) is 0 Å². The van der Waals surface area contributed by atoms with E-state index in [1.807, 2.05) is 17.0 Å². The van der Waals surface area contributed by atoms with Crippen molar-refractivity contribution in [2.24, 2.45) is 5.92 Å². The molecule has 0 saturated carbocycles. The molecule has 0 aliphatic carbocycles. The largest absolute Gasteiger partial charge is 0.467 e. The molecule has 0 radical (unpaired) electrons. The maximum Gasteiger partial charge on any atom is 0.272 e. The summed E-state index contributed by atoms with van der Waals surface area (Å²) in [7, 11) is 0. The summed E-state index contributed by atoms with van der Waals surface area (Å²) >= 11 is 0. The van der Waals surface area contributed by atoms with Crippen LogP contribution >= 0.6 is 0 Å². The molecule has 2 N–H and O–H groups in total. The average molecular weight is 386 g/mol. The van der Waals surface area contributed by atoms with Crippen molar-refractivity contribution < 1.29 is 18.7 Å². The van der Waals surface area contributed by atoms with Gasteiger partial charge in [-0.05, 0) is 43.9 Å². The Labute approximate surface area is 163 Å². The number of hydrogen-bond acceptors (Lipinski definition) is 5. The number of amides is 2. The van der Waals surface area contributed by atoms with E-state index >= 15 is 0 Å². The summed E-state index contributed by atoms with van der Waals surface area (Å²) in [5.41, 5.74) is 1.34. The summed E-state index contributed by atoms with van der Waals surface area (Å²) < 4.78 is 10.6. The molecule has 0 spiro atoms. The van der Waals surface area contributed by atoms with Crippen LogP contribution in [0.2, 0.25) is 0 Å². The molecule has 2 aliphatic heterocycles. The van der Waals surface area contributed by atoms with Gasteiger partial charge in [-0.1, -0.05) is 0 Å². The van der Waals surface area contributed by atoms with E-state index in [0.29, 0.717) is 31.2 Å². The van der Waals surface area contributed by atoms with Gasteiger partial charge in [0.1, 0.15) is 11.5 Å². The number of furan rings is 1. The number of nitrogens with zero attached hydrogens (tertiary/aromatic N) is 2. The van der Waals surface area contributed by atoms with E-state index < -0.39 is 0 Å². The fourth-order valence-corrected chi connectivity index (χ4v) is 3.95. The van der Waals surface area contributed by atoms with Crippen LogP contribution in [-0.2, 0) is 16.1 Å². The number of aromatic amines is 1. The highest BCUT2D eigenvalue weighted by molar-refractivity contribution is 5.92. The normalized spacial score (nSPS) is 18.9. The van der Waals surface area contributed by atoms with Crippen molar-refractivity contribution in [2.45, 2.75) is 38.1 Å². The van der Waals surface area contributed by atoms with Gasteiger partial charge >= 0.3 is 0 Å². The van der Waals surface area contributed by atoms with Crippen molar-refractivity contribution in [1.29, 1.82) is 0 Å². The second-order valence-electron chi connectivity index (χ2n) is 7.46. The van der Waals surface area contributed by atoms with E-state index in [1.165, 1.54) is 0 Å². The number of carbonyl (C=O) groups excluding carboxylic acids is 2. The van der Waals surface area contributed by atoms with Crippen LogP contribution in [0.4, 0.5) is 0 Å². The smallest absolute Gasteiger partial charge is 0.272 e. The number of likely N-dealkylation sites (tertiary alicyclic amines) is 1. The predicted molar refractivity (Wildman–Crippen MR) is 101 cm³/mol. The van der Waals surface area contributed by atoms with Crippen LogP contribution in [0, 0.1) is 5.92 Å². The number of piperidine rings is 1. The lowest BCUT2D eigenvalue weighted by molar-refractivity contribution is -0.139. The van der Waals surface area contributed by atoms with Crippen LogP contribution in [0.3, 0.4) is 0 Å². The molecule has 2 aromatic rings. The van der Waals surface area contributed by atoms with Crippen LogP contribution in [-0.4, -0.2) is 53.2 Å². The van der Waals surface area contributed by atoms with Gasteiger partial charge in [-0.2, -0.15) is 5.10 Å². The number of ether oxygens (including phenoxy) is 1. The lowest BCUT2D eigenvalue weighted by Gasteiger charge is -2.34. The first-order valence-electron chi connectivity index (χ1n) is 9.93. The number of hydrogen-bond donors (Lipinski definition) is 2. The first-order chi connectivity index (χ1) is 13.7. The Morgan fingerprint density at radius 1 is 1.21 bits per heavy atom. The monoisotopic (exact) mass is 386 g/mol. The number of aromatic nitrogens is 2. The maximum atomic E-state index is 12.6. The molecule has 4 rings (SSSR count). The third-order valence-corrected chi connectivity index (χ3v) is 5.65. The Morgan fingerprint density at radius 2 is 2.00 bits per heavy atom. The lowest BCUT2D eigenvalue weighted by Crippen LogP contribution is -2.42. The SMILES string of the molecule is O=C(NCc1ccco1)c1cc(C2CCN(C(=O)C3CCOCC3)CC2)[nH]n1. The van der Waals surface area contributed by atoms with Crippen LogP contribution < -0.4 is 5.32 Å². The van der Waals surface area contributed by atoms with Crippen molar-refractivity contribution in [1.82, 2.24) is 20.4 Å². The Balaban J connectivity index is 1.28. The van der Waals surface area contributed by atoms with Gasteiger partial charge in [0.2, 0.25) is 5.91 Å². The first kappa shape index (κ1) is 18.7. The van der Waals surface area contributed by atoms with E-state index in [9.17, 15) is 9.59 Å². The Bertz CT molecular complexity index is 787. The zero-order valence-corrected chi connectivity index (χ0v) is 15.9. The van der Waals surface area contributed by atoms with Gasteiger partial charge in [-0.15, -0.1) is 0 Å². The zero-order valence-electron chi connectivity index (χ0n) is 15.9. The van der Waals surface area contributed by atoms with E-state index in [2.05, 4.69) is 15.5 Å². The van der Waals surface area contributed by atoms with E-state index in [1.54, 1.807) is 12.3 Å². The molecule has 2 fully saturated rings. The minimum absolute atomic E-state index is 0.113. The standard InChI is InChI=1S/C20H26N4O4/c25-19(21-13-16-2-1-9-28-16)18-12-17(22-23-18)14-3-7-24(8-4-14)20(26)15-5-10-27-11-6-15/h1-2,9,12,14-15H,3-8,10-11,13H2,(H,21,25)(H,22,23). The quantitative estimate of drug-likeness (QED) is 0.819. The molecule has 2 saturated heterocycles. The number of nitrogens with one attached hydrogen (secondary N) is 2. The molecule has 28 heavy (non-hydrogen) atoms. The van der Waals surface area contributed by atoms with E-state index in [-0.39, 0.29) is 23.7 Å². The van der Waals surface area contributed by atoms with Crippen molar-refractivity contribution >= 4 is 11.8 Å². The molecule has 0 atom stereocenters. The average Bonchev–Trinajstić information content (AvgIpc) is 3.44. The van der Waals surface area contributed by atoms with Gasteiger partial charge in [0.15, 0.2) is 0 Å². The Hall–Kier alpha value is -2.61. The van der Waals surface area contributed by atoms with Crippen molar-refractivity contribution in [3.63, 3.8) is 0 Å². The molecule has 8 heteroatoms. The van der Waals surface area contributed by atoms with Gasteiger partial charge in [-0.25, -0.2) is 0 Å². The predicted octanol–water partition coefficient (Wildman–Crippen LogP) is 2.07. The van der Waals surface area contributed by atoms with Crippen molar-refractivity contribution in [2.75, 3.05) is 26.3 Å². The molecular weight excluding hydrogens is 360 g/mol. The zero-order chi connectivity index (χ0) is 19.3. The highest BCUT2D eigenvalue weighted by Crippen LogP contribution is 2.29. The summed E-state index contributed by atoms with van der Waals surface area (Å²) in [5.74, 6) is 1.14. The molecule has 0 unspecified atom stereocenters. The fourth-order valence-electron chi connectivity index (χ4n) is 3.95. The fraction of sp³-hybridized carbons (Fsp3) is 0.550. The molecule has 8 nitrogen and oxygen atoms in total. The number of H-pyrrole nitrogens is 1. The Morgan fingerprint density at radius 3 is 2.71 bits per heavy atom. The molecule has 2 amide bonds. The van der Waals surface area contributed by atoms with Crippen molar-refractivity contribution in [3.05, 3.63) is 41.6 Å².